The van der Waals surface area contributed by atoms with Crippen molar-refractivity contribution >= 4 is 0 Å². The van der Waals surface area contributed by atoms with Crippen molar-refractivity contribution in [3.63, 3.8) is 0 Å². The molecular formula is C11H18N10O. The number of nitrogens with one attached hydrogen (secondary N) is 1. The smallest absolute Gasteiger partial charge is 0.277 e. The Morgan fingerprint density at radius 2 is 2.18 bits per heavy atom. The topological polar surface area (TPSA) is 154 Å². The van der Waals surface area contributed by atoms with E-state index in [9.17, 15) is 0 Å². The first-order valence-electron chi connectivity index (χ1n) is 6.50. The summed E-state index contributed by atoms with van der Waals surface area (Å²) in [5.41, 5.74) is 5.99. The number of aromatic nitrogens is 8. The molecule has 0 radical (unpaired) electrons. The van der Waals surface area contributed by atoms with E-state index in [0.717, 1.165) is 6.42 Å². The Morgan fingerprint density at radius 3 is 2.82 bits per heavy atom. The van der Waals surface area contributed by atoms with E-state index in [4.69, 9.17) is 5.73 Å². The first kappa shape index (κ1) is 15.9. The van der Waals surface area contributed by atoms with Crippen LogP contribution in [0.2, 0.25) is 0 Å². The van der Waals surface area contributed by atoms with E-state index in [2.05, 4.69) is 42.2 Å². The number of quaternary nitrogens is 1. The monoisotopic (exact) mass is 306 g/mol. The van der Waals surface area contributed by atoms with Gasteiger partial charge < -0.3 is 11.2 Å². The molecule has 4 N–H and O–H groups in total. The minimum atomic E-state index is -0.446. The van der Waals surface area contributed by atoms with Crippen LogP contribution in [-0.2, 0) is 0 Å². The molecule has 3 rings (SSSR count). The van der Waals surface area contributed by atoms with Gasteiger partial charge in [-0.2, -0.15) is 9.81 Å². The van der Waals surface area contributed by atoms with Crippen molar-refractivity contribution < 1.29 is 5.48 Å². The molecule has 0 spiro atoms. The van der Waals surface area contributed by atoms with Crippen LogP contribution < -0.4 is 10.3 Å². The summed E-state index contributed by atoms with van der Waals surface area (Å²) in [6, 6.07) is 0. The number of nitrogens with two attached hydrogens (primary N) is 1. The lowest BCUT2D eigenvalue weighted by Gasteiger charge is -2.36. The normalized spacial score (nSPS) is 20.9. The maximum atomic E-state index is 6.43. The molecule has 11 nitrogen and oxygen atoms in total. The van der Waals surface area contributed by atoms with Crippen LogP contribution in [0.15, 0.2) is 24.3 Å². The number of hydrogen-bond donors (Lipinski definition) is 2. The van der Waals surface area contributed by atoms with Crippen molar-refractivity contribution in [1.82, 2.24) is 45.5 Å². The minimum absolute atomic E-state index is 0. The molecule has 0 amide bonds. The largest absolute Gasteiger partial charge is 0.870 e. The van der Waals surface area contributed by atoms with Gasteiger partial charge in [-0.3, -0.25) is 0 Å². The average Bonchev–Trinajstić information content (AvgIpc) is 3.09. The zero-order valence-corrected chi connectivity index (χ0v) is 12.3. The molecule has 0 bridgehead atoms. The minimum Gasteiger partial charge on any atom is -0.870 e. The SMILES string of the molecule is C[N+](C)(CC1(N)C=CC=CC1)n1nnnc1-c1nn[nH]n1.[OH-]. The standard InChI is InChI=1S/C11H17N10.H2O/c1-21(2,8-11(12)6-4-3-5-7-11)20-10(15-18-19-20)9-13-16-17-14-9;/h3-6H,7-8,12H2,1-2H3,(H,13,14,16,17);1H2/q+1;/p-1. The summed E-state index contributed by atoms with van der Waals surface area (Å²) in [5.74, 6) is 0.782. The Labute approximate surface area is 126 Å². The van der Waals surface area contributed by atoms with Gasteiger partial charge in [0.15, 0.2) is 0 Å². The Bertz CT molecular complexity index is 673. The van der Waals surface area contributed by atoms with Crippen molar-refractivity contribution in [2.45, 2.75) is 12.0 Å². The van der Waals surface area contributed by atoms with Crippen molar-refractivity contribution in [3.8, 4) is 11.6 Å². The van der Waals surface area contributed by atoms with Gasteiger partial charge in [-0.25, -0.2) is 0 Å². The van der Waals surface area contributed by atoms with E-state index >= 15 is 0 Å². The second-order valence-electron chi connectivity index (χ2n) is 5.63. The highest BCUT2D eigenvalue weighted by molar-refractivity contribution is 5.39. The molecule has 0 aromatic carbocycles. The van der Waals surface area contributed by atoms with E-state index in [1.165, 1.54) is 0 Å². The Hall–Kier alpha value is -2.50. The summed E-state index contributed by atoms with van der Waals surface area (Å²) in [4.78, 5) is 1.63. The summed E-state index contributed by atoms with van der Waals surface area (Å²) in [5, 5.41) is 25.5. The van der Waals surface area contributed by atoms with E-state index < -0.39 is 5.54 Å². The third kappa shape index (κ3) is 2.90. The third-order valence-electron chi connectivity index (χ3n) is 3.37. The molecule has 2 heterocycles. The number of rotatable bonds is 4. The number of aromatic amines is 1. The number of tetrazole rings is 2. The predicted molar refractivity (Wildman–Crippen MR) is 77.0 cm³/mol. The molecule has 118 valence electrons. The summed E-state index contributed by atoms with van der Waals surface area (Å²) in [7, 11) is 3.95. The Balaban J connectivity index is 0.00000176. The molecule has 0 saturated heterocycles. The highest BCUT2D eigenvalue weighted by Crippen LogP contribution is 2.19. The van der Waals surface area contributed by atoms with Crippen LogP contribution in [0.4, 0.5) is 0 Å². The van der Waals surface area contributed by atoms with Gasteiger partial charge in [0, 0.05) is 5.21 Å². The lowest BCUT2D eigenvalue weighted by Crippen LogP contribution is -2.62. The highest BCUT2D eigenvalue weighted by atomic mass is 16.0. The van der Waals surface area contributed by atoms with Crippen LogP contribution in [-0.4, -0.2) is 72.6 Å². The van der Waals surface area contributed by atoms with Crippen molar-refractivity contribution in [1.29, 1.82) is 0 Å². The van der Waals surface area contributed by atoms with Crippen molar-refractivity contribution in [2.75, 3.05) is 20.6 Å². The summed E-state index contributed by atoms with van der Waals surface area (Å²) < 4.78 is 0.339. The van der Waals surface area contributed by atoms with Gasteiger partial charge in [0.05, 0.1) is 19.6 Å². The van der Waals surface area contributed by atoms with Gasteiger partial charge in [-0.15, -0.1) is 10.2 Å². The summed E-state index contributed by atoms with van der Waals surface area (Å²) in [6.07, 6.45) is 8.78. The molecule has 1 aliphatic rings. The van der Waals surface area contributed by atoms with Crippen LogP contribution in [0.5, 0.6) is 0 Å². The molecule has 1 aliphatic carbocycles. The van der Waals surface area contributed by atoms with Crippen LogP contribution in [0.1, 0.15) is 6.42 Å². The first-order valence-corrected chi connectivity index (χ1v) is 6.50. The fraction of sp³-hybridized carbons (Fsp3) is 0.455. The van der Waals surface area contributed by atoms with E-state index in [0.29, 0.717) is 22.8 Å². The Morgan fingerprint density at radius 1 is 1.36 bits per heavy atom. The van der Waals surface area contributed by atoms with Crippen LogP contribution in [0.25, 0.3) is 11.6 Å². The van der Waals surface area contributed by atoms with Crippen molar-refractivity contribution in [3.05, 3.63) is 24.3 Å². The lowest BCUT2D eigenvalue weighted by atomic mass is 9.92. The maximum absolute atomic E-state index is 6.43. The van der Waals surface area contributed by atoms with E-state index in [1.54, 1.807) is 4.79 Å². The van der Waals surface area contributed by atoms with Crippen LogP contribution >= 0.6 is 0 Å². The van der Waals surface area contributed by atoms with Crippen LogP contribution in [0.3, 0.4) is 0 Å². The van der Waals surface area contributed by atoms with Crippen molar-refractivity contribution in [2.24, 2.45) is 5.73 Å². The van der Waals surface area contributed by atoms with E-state index in [-0.39, 0.29) is 5.48 Å². The molecule has 22 heavy (non-hydrogen) atoms. The fourth-order valence-corrected chi connectivity index (χ4v) is 2.52. The molecule has 0 aliphatic heterocycles. The number of allylic oxidation sites excluding steroid dienone is 2. The molecule has 1 unspecified atom stereocenters. The molecule has 0 fully saturated rings. The predicted octanol–water partition coefficient (Wildman–Crippen LogP) is -1.41. The van der Waals surface area contributed by atoms with Gasteiger partial charge in [-0.05, 0) is 16.8 Å². The summed E-state index contributed by atoms with van der Waals surface area (Å²) >= 11 is 0. The quantitative estimate of drug-likeness (QED) is 0.653. The Kier molecular flexibility index (Phi) is 4.12. The first-order chi connectivity index (χ1) is 10.0. The second-order valence-corrected chi connectivity index (χ2v) is 5.63. The average molecular weight is 306 g/mol. The lowest BCUT2D eigenvalue weighted by molar-refractivity contribution is 0.148. The fourth-order valence-electron chi connectivity index (χ4n) is 2.52. The molecular weight excluding hydrogens is 288 g/mol. The number of hydrogen-bond acceptors (Lipinski definition) is 8. The third-order valence-corrected chi connectivity index (χ3v) is 3.37. The molecule has 2 aromatic heterocycles. The second kappa shape index (κ2) is 5.71. The molecule has 1 atom stereocenters. The number of likely N-dealkylation sites (N-methyl/N-ethyl adjacent to an activating group) is 1. The van der Waals surface area contributed by atoms with Gasteiger partial charge in [0.2, 0.25) is 5.82 Å². The molecule has 0 saturated carbocycles. The van der Waals surface area contributed by atoms with Gasteiger partial charge in [0.1, 0.15) is 6.54 Å². The van der Waals surface area contributed by atoms with Gasteiger partial charge in [-0.1, -0.05) is 34.2 Å². The van der Waals surface area contributed by atoms with Crippen LogP contribution in [0, 0.1) is 0 Å². The zero-order valence-electron chi connectivity index (χ0n) is 12.3. The molecule has 2 aromatic rings. The maximum Gasteiger partial charge on any atom is 0.277 e. The zero-order chi connectivity index (χ0) is 14.9. The molecule has 11 heteroatoms. The number of nitrogens with zero attached hydrogens (tertiary/aromatic N) is 8. The number of H-pyrrole nitrogens is 1. The van der Waals surface area contributed by atoms with Gasteiger partial charge >= 0.3 is 0 Å². The highest BCUT2D eigenvalue weighted by Gasteiger charge is 2.36. The van der Waals surface area contributed by atoms with Gasteiger partial charge in [0.25, 0.3) is 5.82 Å². The summed E-state index contributed by atoms with van der Waals surface area (Å²) in [6.45, 7) is 0.615. The van der Waals surface area contributed by atoms with E-state index in [1.807, 2.05) is 32.3 Å².